The summed E-state index contributed by atoms with van der Waals surface area (Å²) in [6.07, 6.45) is 0.876. The van der Waals surface area contributed by atoms with E-state index >= 15 is 0 Å². The summed E-state index contributed by atoms with van der Waals surface area (Å²) in [5.74, 6) is 0.353. The average molecular weight is 188 g/mol. The van der Waals surface area contributed by atoms with Crippen LogP contribution in [-0.4, -0.2) is 11.7 Å². The number of hydrogen-bond acceptors (Lipinski definition) is 2. The molecule has 2 nitrogen and oxygen atoms in total. The topological polar surface area (TPSA) is 46.2 Å². The first kappa shape index (κ1) is 11.3. The van der Waals surface area contributed by atoms with E-state index in [1.165, 1.54) is 5.56 Å². The van der Waals surface area contributed by atoms with E-state index in [1.54, 1.807) is 6.07 Å². The Bertz CT molecular complexity index is 250. The molecule has 0 saturated carbocycles. The van der Waals surface area contributed by atoms with Crippen molar-refractivity contribution in [1.82, 2.24) is 0 Å². The van der Waals surface area contributed by atoms with Gasteiger partial charge in [-0.3, -0.25) is 0 Å². The maximum absolute atomic E-state index is 9.18. The second-order valence-electron chi connectivity index (χ2n) is 2.66. The van der Waals surface area contributed by atoms with E-state index in [-0.39, 0.29) is 12.4 Å². The van der Waals surface area contributed by atoms with Gasteiger partial charge in [-0.15, -0.1) is 12.4 Å². The Labute approximate surface area is 78.8 Å². The van der Waals surface area contributed by atoms with E-state index < -0.39 is 0 Å². The van der Waals surface area contributed by atoms with Crippen LogP contribution in [0.1, 0.15) is 11.1 Å². The highest BCUT2D eigenvalue weighted by Crippen LogP contribution is 2.16. The molecule has 0 radical (unpaired) electrons. The van der Waals surface area contributed by atoms with Crippen LogP contribution in [0.15, 0.2) is 18.2 Å². The summed E-state index contributed by atoms with van der Waals surface area (Å²) in [4.78, 5) is 0. The average Bonchev–Trinajstić information content (AvgIpc) is 1.98. The summed E-state index contributed by atoms with van der Waals surface area (Å²) in [5, 5.41) is 9.18. The summed E-state index contributed by atoms with van der Waals surface area (Å²) in [6, 6.07) is 5.57. The van der Waals surface area contributed by atoms with Gasteiger partial charge in [0.25, 0.3) is 0 Å². The fourth-order valence-electron chi connectivity index (χ4n) is 1.04. The molecule has 68 valence electrons. The molecule has 0 atom stereocenters. The zero-order valence-electron chi connectivity index (χ0n) is 7.08. The maximum Gasteiger partial charge on any atom is 0.118 e. The van der Waals surface area contributed by atoms with E-state index in [0.29, 0.717) is 12.3 Å². The van der Waals surface area contributed by atoms with Gasteiger partial charge in [0.1, 0.15) is 5.75 Å². The molecule has 0 aliphatic carbocycles. The number of aromatic hydroxyl groups is 1. The summed E-state index contributed by atoms with van der Waals surface area (Å²) in [7, 11) is 0. The van der Waals surface area contributed by atoms with Crippen LogP contribution in [0.2, 0.25) is 0 Å². The largest absolute Gasteiger partial charge is 0.508 e. The van der Waals surface area contributed by atoms with Crippen LogP contribution < -0.4 is 5.73 Å². The number of phenols is 1. The van der Waals surface area contributed by atoms with Crippen LogP contribution in [0.5, 0.6) is 5.75 Å². The molecule has 0 amide bonds. The van der Waals surface area contributed by atoms with Gasteiger partial charge in [-0.2, -0.15) is 0 Å². The van der Waals surface area contributed by atoms with Gasteiger partial charge in [0.2, 0.25) is 0 Å². The molecular weight excluding hydrogens is 174 g/mol. The number of halogens is 1. The zero-order valence-corrected chi connectivity index (χ0v) is 7.90. The summed E-state index contributed by atoms with van der Waals surface area (Å²) in [5.41, 5.74) is 7.48. The van der Waals surface area contributed by atoms with Crippen molar-refractivity contribution in [1.29, 1.82) is 0 Å². The summed E-state index contributed by atoms with van der Waals surface area (Å²) in [6.45, 7) is 2.54. The van der Waals surface area contributed by atoms with E-state index in [9.17, 15) is 5.11 Å². The molecule has 12 heavy (non-hydrogen) atoms. The number of nitrogens with two attached hydrogens (primary N) is 1. The summed E-state index contributed by atoms with van der Waals surface area (Å²) < 4.78 is 0. The predicted molar refractivity (Wildman–Crippen MR) is 52.9 cm³/mol. The van der Waals surface area contributed by atoms with Crippen molar-refractivity contribution in [2.45, 2.75) is 13.3 Å². The number of phenolic OH excluding ortho intramolecular Hbond substituents is 1. The standard InChI is InChI=1S/C9H13NO.ClH/c1-7-6-8(4-5-10)2-3-9(7)11;/h2-3,6,11H,4-5,10H2,1H3;1H. The minimum Gasteiger partial charge on any atom is -0.508 e. The first-order chi connectivity index (χ1) is 5.24. The lowest BCUT2D eigenvalue weighted by atomic mass is 10.1. The van der Waals surface area contributed by atoms with E-state index in [4.69, 9.17) is 5.73 Å². The second-order valence-corrected chi connectivity index (χ2v) is 2.66. The monoisotopic (exact) mass is 187 g/mol. The number of benzene rings is 1. The van der Waals surface area contributed by atoms with E-state index in [0.717, 1.165) is 12.0 Å². The van der Waals surface area contributed by atoms with Crippen LogP contribution in [0.25, 0.3) is 0 Å². The fraction of sp³-hybridized carbons (Fsp3) is 0.333. The third-order valence-electron chi connectivity index (χ3n) is 1.69. The molecule has 0 fully saturated rings. The van der Waals surface area contributed by atoms with Crippen LogP contribution in [-0.2, 0) is 6.42 Å². The normalized spacial score (nSPS) is 9.17. The Kier molecular flexibility index (Phi) is 4.71. The van der Waals surface area contributed by atoms with Crippen molar-refractivity contribution < 1.29 is 5.11 Å². The number of hydrogen-bond donors (Lipinski definition) is 2. The van der Waals surface area contributed by atoms with Crippen molar-refractivity contribution >= 4 is 12.4 Å². The molecule has 3 heteroatoms. The van der Waals surface area contributed by atoms with Gasteiger partial charge < -0.3 is 10.8 Å². The van der Waals surface area contributed by atoms with Gasteiger partial charge in [0.15, 0.2) is 0 Å². The van der Waals surface area contributed by atoms with E-state index in [2.05, 4.69) is 0 Å². The zero-order chi connectivity index (χ0) is 8.27. The van der Waals surface area contributed by atoms with Gasteiger partial charge in [-0.05, 0) is 37.1 Å². The quantitative estimate of drug-likeness (QED) is 0.739. The van der Waals surface area contributed by atoms with Crippen molar-refractivity contribution in [3.05, 3.63) is 29.3 Å². The minimum absolute atomic E-state index is 0. The first-order valence-corrected chi connectivity index (χ1v) is 3.72. The third-order valence-corrected chi connectivity index (χ3v) is 1.69. The third kappa shape index (κ3) is 2.72. The molecule has 0 saturated heterocycles. The smallest absolute Gasteiger partial charge is 0.118 e. The lowest BCUT2D eigenvalue weighted by molar-refractivity contribution is 0.471. The minimum atomic E-state index is 0. The Hall–Kier alpha value is -0.730. The SMILES string of the molecule is Cc1cc(CCN)ccc1O.Cl. The molecule has 1 aromatic carbocycles. The van der Waals surface area contributed by atoms with Crippen LogP contribution in [0.4, 0.5) is 0 Å². The van der Waals surface area contributed by atoms with Gasteiger partial charge >= 0.3 is 0 Å². The van der Waals surface area contributed by atoms with Gasteiger partial charge in [-0.1, -0.05) is 12.1 Å². The lowest BCUT2D eigenvalue weighted by Crippen LogP contribution is -2.02. The molecule has 0 unspecified atom stereocenters. The van der Waals surface area contributed by atoms with E-state index in [1.807, 2.05) is 19.1 Å². The molecule has 1 aromatic rings. The van der Waals surface area contributed by atoms with Gasteiger partial charge in [-0.25, -0.2) is 0 Å². The Morgan fingerprint density at radius 1 is 1.42 bits per heavy atom. The molecular formula is C9H14ClNO. The fourth-order valence-corrected chi connectivity index (χ4v) is 1.04. The molecule has 0 heterocycles. The van der Waals surface area contributed by atoms with Crippen molar-refractivity contribution in [3.63, 3.8) is 0 Å². The lowest BCUT2D eigenvalue weighted by Gasteiger charge is -2.01. The second kappa shape index (κ2) is 5.01. The Balaban J connectivity index is 0.00000121. The van der Waals surface area contributed by atoms with Crippen molar-refractivity contribution in [2.24, 2.45) is 5.73 Å². The van der Waals surface area contributed by atoms with Crippen LogP contribution in [0.3, 0.4) is 0 Å². The number of aryl methyl sites for hydroxylation is 1. The Morgan fingerprint density at radius 3 is 2.58 bits per heavy atom. The summed E-state index contributed by atoms with van der Waals surface area (Å²) >= 11 is 0. The highest BCUT2D eigenvalue weighted by Gasteiger charge is 1.96. The molecule has 0 spiro atoms. The van der Waals surface area contributed by atoms with Gasteiger partial charge in [0, 0.05) is 0 Å². The van der Waals surface area contributed by atoms with Gasteiger partial charge in [0.05, 0.1) is 0 Å². The van der Waals surface area contributed by atoms with Crippen LogP contribution >= 0.6 is 12.4 Å². The highest BCUT2D eigenvalue weighted by atomic mass is 35.5. The molecule has 0 aliphatic heterocycles. The van der Waals surface area contributed by atoms with Crippen molar-refractivity contribution in [2.75, 3.05) is 6.54 Å². The molecule has 0 bridgehead atoms. The highest BCUT2D eigenvalue weighted by molar-refractivity contribution is 5.85. The predicted octanol–water partition coefficient (Wildman–Crippen LogP) is 1.62. The maximum atomic E-state index is 9.18. The van der Waals surface area contributed by atoms with Crippen LogP contribution in [0, 0.1) is 6.92 Å². The molecule has 0 aliphatic rings. The molecule has 1 rings (SSSR count). The first-order valence-electron chi connectivity index (χ1n) is 3.72. The number of rotatable bonds is 2. The van der Waals surface area contributed by atoms with Crippen molar-refractivity contribution in [3.8, 4) is 5.75 Å². The molecule has 0 aromatic heterocycles. The molecule has 3 N–H and O–H groups in total. The Morgan fingerprint density at radius 2 is 2.08 bits per heavy atom.